The number of rotatable bonds is 12. The van der Waals surface area contributed by atoms with Crippen LogP contribution in [0.4, 0.5) is 23.3 Å². The number of morpholine rings is 1. The number of hydrogen-bond donors (Lipinski definition) is 3. The Hall–Kier alpha value is -5.73. The fraction of sp³-hybridized carbons (Fsp3) is 0.342. The Bertz CT molecular complexity index is 1860. The van der Waals surface area contributed by atoms with Crippen LogP contribution in [0.3, 0.4) is 0 Å². The normalized spacial score (nSPS) is 16.7. The number of nitrogens with zero attached hydrogens (tertiary/aromatic N) is 6. The first-order chi connectivity index (χ1) is 25.5. The number of amides is 2. The number of benzene rings is 3. The zero-order valence-corrected chi connectivity index (χ0v) is 28.9. The summed E-state index contributed by atoms with van der Waals surface area (Å²) in [6.07, 6.45) is 2.55. The predicted octanol–water partition coefficient (Wildman–Crippen LogP) is 3.30. The highest BCUT2D eigenvalue weighted by molar-refractivity contribution is 6.05. The first-order valence-electron chi connectivity index (χ1n) is 17.5. The van der Waals surface area contributed by atoms with Crippen molar-refractivity contribution in [2.24, 2.45) is 0 Å². The second kappa shape index (κ2) is 16.5. The van der Waals surface area contributed by atoms with Gasteiger partial charge in [0, 0.05) is 51.4 Å². The second-order valence-corrected chi connectivity index (χ2v) is 12.8. The number of nitrogens with two attached hydrogens (primary N) is 1. The average Bonchev–Trinajstić information content (AvgIpc) is 3.73. The van der Waals surface area contributed by atoms with E-state index in [0.29, 0.717) is 93.7 Å². The predicted molar refractivity (Wildman–Crippen MR) is 196 cm³/mol. The van der Waals surface area contributed by atoms with Crippen molar-refractivity contribution in [3.8, 4) is 0 Å². The molecule has 4 N–H and O–H groups in total. The van der Waals surface area contributed by atoms with E-state index < -0.39 is 0 Å². The minimum atomic E-state index is -0.248. The minimum Gasteiger partial charge on any atom is -0.462 e. The number of hydrogen-bond acceptors (Lipinski definition) is 12. The highest BCUT2D eigenvalue weighted by Crippen LogP contribution is 2.23. The Morgan fingerprint density at radius 2 is 1.58 bits per heavy atom. The number of piperazine rings is 1. The molecule has 3 aromatic carbocycles. The van der Waals surface area contributed by atoms with Crippen molar-refractivity contribution in [2.45, 2.75) is 25.4 Å². The van der Waals surface area contributed by atoms with Crippen LogP contribution in [0.2, 0.25) is 0 Å². The molecule has 2 fully saturated rings. The molecule has 0 bridgehead atoms. The average molecular weight is 706 g/mol. The first kappa shape index (κ1) is 34.7. The number of ether oxygens (including phenoxy) is 3. The summed E-state index contributed by atoms with van der Waals surface area (Å²) in [5, 5.41) is 6.15. The van der Waals surface area contributed by atoms with Crippen LogP contribution in [0.15, 0.2) is 90.9 Å². The molecule has 4 aromatic rings. The lowest BCUT2D eigenvalue weighted by molar-refractivity contribution is -0.132. The molecule has 4 heterocycles. The van der Waals surface area contributed by atoms with Gasteiger partial charge in [-0.25, -0.2) is 0 Å². The third-order valence-electron chi connectivity index (χ3n) is 9.35. The lowest BCUT2D eigenvalue weighted by Crippen LogP contribution is -2.53. The second-order valence-electron chi connectivity index (χ2n) is 12.8. The Labute approximate surface area is 302 Å². The van der Waals surface area contributed by atoms with E-state index in [1.54, 1.807) is 30.5 Å². The first-order valence-corrected chi connectivity index (χ1v) is 17.5. The van der Waals surface area contributed by atoms with Crippen LogP contribution < -0.4 is 21.3 Å². The van der Waals surface area contributed by atoms with Crippen molar-refractivity contribution in [1.29, 1.82) is 0 Å². The summed E-state index contributed by atoms with van der Waals surface area (Å²) in [4.78, 5) is 46.8. The Kier molecular flexibility index (Phi) is 11.0. The molecule has 14 nitrogen and oxygen atoms in total. The summed E-state index contributed by atoms with van der Waals surface area (Å²) < 4.78 is 16.8. The van der Waals surface area contributed by atoms with Crippen molar-refractivity contribution in [3.63, 3.8) is 0 Å². The molecule has 2 saturated heterocycles. The number of anilines is 4. The van der Waals surface area contributed by atoms with Gasteiger partial charge in [0.05, 0.1) is 37.1 Å². The molecule has 0 radical (unpaired) electrons. The third-order valence-corrected chi connectivity index (χ3v) is 9.35. The Morgan fingerprint density at radius 1 is 0.827 bits per heavy atom. The topological polar surface area (TPSA) is 160 Å². The highest BCUT2D eigenvalue weighted by Gasteiger charge is 2.31. The van der Waals surface area contributed by atoms with Gasteiger partial charge in [-0.1, -0.05) is 54.6 Å². The standard InChI is InChI=1S/C38H43N9O5/c39-30-8-4-5-9-31(30)41-36(49)29-12-10-28(11-13-29)24-40-37-42-34(43-38(44-37)47-18-20-50-21-19-47)23-35(48)46-16-14-45(15-17-46)32(33-25-51-26-52-33)22-27-6-2-1-3-7-27/h1-13,25,32H,14-24,26,39H2,(H,41,49)(H,40,42,43,44). The molecule has 0 spiro atoms. The van der Waals surface area contributed by atoms with Gasteiger partial charge in [-0.15, -0.1) is 0 Å². The number of carbonyl (C=O) groups excluding carboxylic acids is 2. The lowest BCUT2D eigenvalue weighted by atomic mass is 10.0. The van der Waals surface area contributed by atoms with E-state index in [2.05, 4.69) is 32.7 Å². The minimum absolute atomic E-state index is 0.0254. The molecule has 1 atom stereocenters. The number of carbonyl (C=O) groups is 2. The summed E-state index contributed by atoms with van der Waals surface area (Å²) >= 11 is 0. The SMILES string of the molecule is Nc1ccccc1NC(=O)c1ccc(CNc2nc(CC(=O)N3CCN(C(Cc4ccccc4)C4=COCO4)CC3)nc(N3CCOCC3)n2)cc1. The molecule has 0 aliphatic carbocycles. The lowest BCUT2D eigenvalue weighted by Gasteiger charge is -2.39. The summed E-state index contributed by atoms with van der Waals surface area (Å²) in [5.74, 6) is 1.83. The Balaban J connectivity index is 0.985. The van der Waals surface area contributed by atoms with Crippen LogP contribution in [0.5, 0.6) is 0 Å². The van der Waals surface area contributed by atoms with Crippen LogP contribution >= 0.6 is 0 Å². The molecular formula is C38H43N9O5. The van der Waals surface area contributed by atoms with Crippen LogP contribution in [0.25, 0.3) is 0 Å². The number of nitrogen functional groups attached to an aromatic ring is 1. The zero-order chi connectivity index (χ0) is 35.7. The molecule has 52 heavy (non-hydrogen) atoms. The van der Waals surface area contributed by atoms with E-state index in [1.165, 1.54) is 5.56 Å². The zero-order valence-electron chi connectivity index (χ0n) is 28.9. The number of para-hydroxylation sites is 2. The van der Waals surface area contributed by atoms with E-state index in [-0.39, 0.29) is 31.1 Å². The summed E-state index contributed by atoms with van der Waals surface area (Å²) in [6.45, 7) is 5.64. The van der Waals surface area contributed by atoms with E-state index in [9.17, 15) is 9.59 Å². The molecule has 3 aliphatic rings. The Morgan fingerprint density at radius 3 is 2.31 bits per heavy atom. The smallest absolute Gasteiger partial charge is 0.255 e. The van der Waals surface area contributed by atoms with E-state index in [0.717, 1.165) is 17.7 Å². The maximum atomic E-state index is 13.6. The molecule has 270 valence electrons. The molecule has 3 aliphatic heterocycles. The third kappa shape index (κ3) is 8.76. The summed E-state index contributed by atoms with van der Waals surface area (Å²) in [6, 6.07) is 24.8. The molecule has 1 aromatic heterocycles. The molecular weight excluding hydrogens is 662 g/mol. The van der Waals surface area contributed by atoms with Crippen molar-refractivity contribution in [1.82, 2.24) is 24.8 Å². The summed E-state index contributed by atoms with van der Waals surface area (Å²) in [5.41, 5.74) is 9.69. The van der Waals surface area contributed by atoms with Crippen molar-refractivity contribution >= 4 is 35.1 Å². The van der Waals surface area contributed by atoms with Gasteiger partial charge in [0.25, 0.3) is 5.91 Å². The van der Waals surface area contributed by atoms with E-state index >= 15 is 0 Å². The monoisotopic (exact) mass is 705 g/mol. The van der Waals surface area contributed by atoms with Crippen LogP contribution in [-0.4, -0.2) is 102 Å². The maximum absolute atomic E-state index is 13.6. The molecule has 1 unspecified atom stereocenters. The highest BCUT2D eigenvalue weighted by atomic mass is 16.7. The van der Waals surface area contributed by atoms with Gasteiger partial charge in [-0.3, -0.25) is 14.5 Å². The molecule has 14 heteroatoms. The van der Waals surface area contributed by atoms with Crippen molar-refractivity contribution in [2.75, 3.05) is 80.5 Å². The largest absolute Gasteiger partial charge is 0.462 e. The van der Waals surface area contributed by atoms with Crippen LogP contribution in [0, 0.1) is 0 Å². The van der Waals surface area contributed by atoms with Gasteiger partial charge < -0.3 is 40.4 Å². The number of nitrogens with one attached hydrogen (secondary N) is 2. The van der Waals surface area contributed by atoms with Gasteiger partial charge in [-0.2, -0.15) is 15.0 Å². The quantitative estimate of drug-likeness (QED) is 0.185. The summed E-state index contributed by atoms with van der Waals surface area (Å²) in [7, 11) is 0. The molecule has 2 amide bonds. The molecule has 0 saturated carbocycles. The van der Waals surface area contributed by atoms with Gasteiger partial charge in [0.2, 0.25) is 24.6 Å². The molecule has 7 rings (SSSR count). The van der Waals surface area contributed by atoms with Crippen molar-refractivity contribution < 1.29 is 23.8 Å². The van der Waals surface area contributed by atoms with Crippen molar-refractivity contribution in [3.05, 3.63) is 113 Å². The fourth-order valence-electron chi connectivity index (χ4n) is 6.43. The van der Waals surface area contributed by atoms with Crippen LogP contribution in [0.1, 0.15) is 27.3 Å². The number of aromatic nitrogens is 3. The van der Waals surface area contributed by atoms with Gasteiger partial charge in [0.1, 0.15) is 12.1 Å². The van der Waals surface area contributed by atoms with Crippen LogP contribution in [-0.2, 0) is 38.4 Å². The van der Waals surface area contributed by atoms with Gasteiger partial charge in [0.15, 0.2) is 5.76 Å². The van der Waals surface area contributed by atoms with Gasteiger partial charge in [-0.05, 0) is 41.8 Å². The van der Waals surface area contributed by atoms with E-state index in [1.807, 2.05) is 52.3 Å². The fourth-order valence-corrected chi connectivity index (χ4v) is 6.43. The maximum Gasteiger partial charge on any atom is 0.255 e. The van der Waals surface area contributed by atoms with Gasteiger partial charge >= 0.3 is 0 Å². The van der Waals surface area contributed by atoms with E-state index in [4.69, 9.17) is 29.9 Å².